The van der Waals surface area contributed by atoms with Crippen molar-refractivity contribution in [1.82, 2.24) is 5.32 Å². The molecule has 0 amide bonds. The zero-order chi connectivity index (χ0) is 9.80. The van der Waals surface area contributed by atoms with Crippen molar-refractivity contribution in [2.24, 2.45) is 5.92 Å². The first-order valence-electron chi connectivity index (χ1n) is 5.77. The van der Waals surface area contributed by atoms with Crippen molar-refractivity contribution in [3.8, 4) is 0 Å². The van der Waals surface area contributed by atoms with E-state index in [0.29, 0.717) is 6.10 Å². The van der Waals surface area contributed by atoms with E-state index in [2.05, 4.69) is 24.0 Å². The highest BCUT2D eigenvalue weighted by Gasteiger charge is 2.21. The molecule has 2 saturated heterocycles. The molecule has 2 rings (SSSR count). The zero-order valence-corrected chi connectivity index (χ0v) is 9.81. The second kappa shape index (κ2) is 5.38. The van der Waals surface area contributed by atoms with Gasteiger partial charge in [-0.25, -0.2) is 0 Å². The maximum atomic E-state index is 5.55. The highest BCUT2D eigenvalue weighted by atomic mass is 32.2. The topological polar surface area (TPSA) is 21.3 Å². The van der Waals surface area contributed by atoms with Crippen LogP contribution in [0.15, 0.2) is 0 Å². The lowest BCUT2D eigenvalue weighted by Crippen LogP contribution is -2.36. The maximum absolute atomic E-state index is 5.55. The van der Waals surface area contributed by atoms with Crippen LogP contribution in [0.5, 0.6) is 0 Å². The Morgan fingerprint density at radius 1 is 1.43 bits per heavy atom. The molecule has 0 radical (unpaired) electrons. The average Bonchev–Trinajstić information content (AvgIpc) is 2.67. The van der Waals surface area contributed by atoms with Gasteiger partial charge in [-0.3, -0.25) is 0 Å². The van der Waals surface area contributed by atoms with Crippen LogP contribution in [0.25, 0.3) is 0 Å². The van der Waals surface area contributed by atoms with E-state index >= 15 is 0 Å². The minimum atomic E-state index is 0.480. The molecule has 2 fully saturated rings. The first-order valence-corrected chi connectivity index (χ1v) is 6.93. The van der Waals surface area contributed by atoms with Crippen molar-refractivity contribution in [3.05, 3.63) is 0 Å². The summed E-state index contributed by atoms with van der Waals surface area (Å²) in [5.74, 6) is 3.52. The van der Waals surface area contributed by atoms with Crippen LogP contribution in [0, 0.1) is 5.92 Å². The smallest absolute Gasteiger partial charge is 0.0550 e. The van der Waals surface area contributed by atoms with E-state index in [-0.39, 0.29) is 0 Å². The molecule has 0 spiro atoms. The van der Waals surface area contributed by atoms with Gasteiger partial charge in [-0.2, -0.15) is 11.8 Å². The fourth-order valence-corrected chi connectivity index (χ4v) is 3.49. The van der Waals surface area contributed by atoms with Gasteiger partial charge in [0.1, 0.15) is 0 Å². The van der Waals surface area contributed by atoms with E-state index in [0.717, 1.165) is 18.6 Å². The van der Waals surface area contributed by atoms with Crippen molar-refractivity contribution in [1.29, 1.82) is 0 Å². The van der Waals surface area contributed by atoms with Crippen LogP contribution in [-0.4, -0.2) is 36.8 Å². The molecular weight excluding hydrogens is 194 g/mol. The van der Waals surface area contributed by atoms with Crippen LogP contribution >= 0.6 is 11.8 Å². The molecule has 0 aromatic heterocycles. The second-order valence-corrected chi connectivity index (χ2v) is 5.69. The average molecular weight is 215 g/mol. The highest BCUT2D eigenvalue weighted by Crippen LogP contribution is 2.21. The first kappa shape index (κ1) is 10.8. The molecule has 1 N–H and O–H groups in total. The molecule has 3 unspecified atom stereocenters. The van der Waals surface area contributed by atoms with Crippen LogP contribution < -0.4 is 5.32 Å². The SMILES string of the molecule is CC1CC(CNC2CCSC2)CCO1. The Balaban J connectivity index is 1.64. The zero-order valence-electron chi connectivity index (χ0n) is 9.00. The maximum Gasteiger partial charge on any atom is 0.0550 e. The third-order valence-corrected chi connectivity index (χ3v) is 4.38. The van der Waals surface area contributed by atoms with Gasteiger partial charge in [0.2, 0.25) is 0 Å². The fraction of sp³-hybridized carbons (Fsp3) is 1.00. The van der Waals surface area contributed by atoms with E-state index in [1.165, 1.54) is 37.3 Å². The summed E-state index contributed by atoms with van der Waals surface area (Å²) in [6, 6.07) is 0.790. The monoisotopic (exact) mass is 215 g/mol. The summed E-state index contributed by atoms with van der Waals surface area (Å²) < 4.78 is 5.55. The molecule has 0 aliphatic carbocycles. The van der Waals surface area contributed by atoms with E-state index in [4.69, 9.17) is 4.74 Å². The Morgan fingerprint density at radius 3 is 3.07 bits per heavy atom. The lowest BCUT2D eigenvalue weighted by atomic mass is 9.96. The van der Waals surface area contributed by atoms with Crippen molar-refractivity contribution in [2.75, 3.05) is 24.7 Å². The van der Waals surface area contributed by atoms with Gasteiger partial charge in [-0.15, -0.1) is 0 Å². The molecule has 2 aliphatic heterocycles. The molecule has 0 saturated carbocycles. The minimum absolute atomic E-state index is 0.480. The molecule has 2 nitrogen and oxygen atoms in total. The first-order chi connectivity index (χ1) is 6.84. The Bertz CT molecular complexity index is 171. The molecule has 14 heavy (non-hydrogen) atoms. The van der Waals surface area contributed by atoms with Crippen molar-refractivity contribution in [3.63, 3.8) is 0 Å². The summed E-state index contributed by atoms with van der Waals surface area (Å²) in [7, 11) is 0. The largest absolute Gasteiger partial charge is 0.378 e. The number of hydrogen-bond acceptors (Lipinski definition) is 3. The molecule has 2 heterocycles. The molecule has 0 aromatic rings. The van der Waals surface area contributed by atoms with Crippen LogP contribution in [0.3, 0.4) is 0 Å². The summed E-state index contributed by atoms with van der Waals surface area (Å²) in [5.41, 5.74) is 0. The highest BCUT2D eigenvalue weighted by molar-refractivity contribution is 7.99. The summed E-state index contributed by atoms with van der Waals surface area (Å²) in [4.78, 5) is 0. The Kier molecular flexibility index (Phi) is 4.14. The number of hydrogen-bond donors (Lipinski definition) is 1. The van der Waals surface area contributed by atoms with Crippen molar-refractivity contribution in [2.45, 2.75) is 38.3 Å². The van der Waals surface area contributed by atoms with Gasteiger partial charge in [-0.1, -0.05) is 0 Å². The molecule has 2 aliphatic rings. The van der Waals surface area contributed by atoms with Gasteiger partial charge < -0.3 is 10.1 Å². The molecule has 3 heteroatoms. The van der Waals surface area contributed by atoms with Crippen LogP contribution in [0.1, 0.15) is 26.2 Å². The summed E-state index contributed by atoms with van der Waals surface area (Å²) in [6.07, 6.45) is 4.33. The quantitative estimate of drug-likeness (QED) is 0.777. The number of rotatable bonds is 3. The standard InChI is InChI=1S/C11H21NOS/c1-9-6-10(2-4-13-9)7-12-11-3-5-14-8-11/h9-12H,2-8H2,1H3. The fourth-order valence-electron chi connectivity index (χ4n) is 2.31. The van der Waals surface area contributed by atoms with Crippen molar-refractivity contribution >= 4 is 11.8 Å². The molecule has 82 valence electrons. The molecule has 3 atom stereocenters. The van der Waals surface area contributed by atoms with E-state index in [1.54, 1.807) is 0 Å². The van der Waals surface area contributed by atoms with Gasteiger partial charge >= 0.3 is 0 Å². The second-order valence-electron chi connectivity index (χ2n) is 4.54. The minimum Gasteiger partial charge on any atom is -0.378 e. The summed E-state index contributed by atoms with van der Waals surface area (Å²) >= 11 is 2.08. The van der Waals surface area contributed by atoms with Gasteiger partial charge in [0, 0.05) is 18.4 Å². The molecular formula is C11H21NOS. The van der Waals surface area contributed by atoms with Gasteiger partial charge in [-0.05, 0) is 44.4 Å². The van der Waals surface area contributed by atoms with E-state index in [9.17, 15) is 0 Å². The van der Waals surface area contributed by atoms with Crippen LogP contribution in [0.2, 0.25) is 0 Å². The Labute approximate surface area is 91.2 Å². The van der Waals surface area contributed by atoms with Gasteiger partial charge in [0.05, 0.1) is 6.10 Å². The van der Waals surface area contributed by atoms with Crippen LogP contribution in [0.4, 0.5) is 0 Å². The summed E-state index contributed by atoms with van der Waals surface area (Å²) in [5, 5.41) is 3.70. The number of thioether (sulfide) groups is 1. The Hall–Kier alpha value is 0.270. The lowest BCUT2D eigenvalue weighted by Gasteiger charge is -2.28. The third-order valence-electron chi connectivity index (χ3n) is 3.22. The molecule has 0 aromatic carbocycles. The number of ether oxygens (including phenoxy) is 1. The third kappa shape index (κ3) is 3.14. The normalized spacial score (nSPS) is 38.8. The Morgan fingerprint density at radius 2 is 2.36 bits per heavy atom. The lowest BCUT2D eigenvalue weighted by molar-refractivity contribution is 0.00255. The molecule has 0 bridgehead atoms. The van der Waals surface area contributed by atoms with Crippen LogP contribution in [-0.2, 0) is 4.74 Å². The predicted octanol–water partition coefficient (Wildman–Crippen LogP) is 1.90. The van der Waals surface area contributed by atoms with Gasteiger partial charge in [0.15, 0.2) is 0 Å². The van der Waals surface area contributed by atoms with E-state index in [1.807, 2.05) is 0 Å². The predicted molar refractivity (Wildman–Crippen MR) is 61.9 cm³/mol. The summed E-state index contributed by atoms with van der Waals surface area (Å²) in [6.45, 7) is 4.36. The van der Waals surface area contributed by atoms with Crippen molar-refractivity contribution < 1.29 is 4.74 Å². The van der Waals surface area contributed by atoms with Gasteiger partial charge in [0.25, 0.3) is 0 Å². The van der Waals surface area contributed by atoms with E-state index < -0.39 is 0 Å². The number of nitrogens with one attached hydrogen (secondary N) is 1.